The van der Waals surface area contributed by atoms with Crippen molar-refractivity contribution in [1.82, 2.24) is 0 Å². The van der Waals surface area contributed by atoms with E-state index in [-0.39, 0.29) is 30.1 Å². The number of ether oxygens (including phenoxy) is 2. The van der Waals surface area contributed by atoms with Gasteiger partial charge in [-0.2, -0.15) is 5.26 Å². The Bertz CT molecular complexity index is 1630. The number of nitriles is 1. The zero-order valence-corrected chi connectivity index (χ0v) is 22.3. The Hall–Kier alpha value is -4.13. The van der Waals surface area contributed by atoms with E-state index in [1.807, 2.05) is 6.08 Å². The van der Waals surface area contributed by atoms with E-state index in [4.69, 9.17) is 9.47 Å². The second-order valence-electron chi connectivity index (χ2n) is 11.7. The summed E-state index contributed by atoms with van der Waals surface area (Å²) in [5.74, 6) is 2.18. The molecule has 0 radical (unpaired) electrons. The molecule has 2 heterocycles. The molecule has 8 rings (SSSR count). The number of fused-ring (bicyclic) bond motifs is 6. The van der Waals surface area contributed by atoms with Gasteiger partial charge in [-0.25, -0.2) is 0 Å². The van der Waals surface area contributed by atoms with E-state index < -0.39 is 0 Å². The summed E-state index contributed by atoms with van der Waals surface area (Å²) in [5, 5.41) is 9.40. The molecule has 0 amide bonds. The molecular formula is C37H31NO2. The second-order valence-corrected chi connectivity index (χ2v) is 11.7. The van der Waals surface area contributed by atoms with Gasteiger partial charge in [0.1, 0.15) is 11.9 Å². The molecular weight excluding hydrogens is 490 g/mol. The van der Waals surface area contributed by atoms with E-state index >= 15 is 0 Å². The van der Waals surface area contributed by atoms with Gasteiger partial charge in [-0.15, -0.1) is 0 Å². The molecule has 5 aliphatic carbocycles. The van der Waals surface area contributed by atoms with Crippen molar-refractivity contribution in [3.05, 3.63) is 143 Å². The van der Waals surface area contributed by atoms with Crippen molar-refractivity contribution in [1.29, 1.82) is 5.26 Å². The molecule has 40 heavy (non-hydrogen) atoms. The van der Waals surface area contributed by atoms with Gasteiger partial charge in [-0.3, -0.25) is 0 Å². The maximum absolute atomic E-state index is 9.40. The van der Waals surface area contributed by atoms with Gasteiger partial charge in [0.15, 0.2) is 0 Å². The number of benzene rings is 1. The van der Waals surface area contributed by atoms with Crippen LogP contribution in [0.3, 0.4) is 0 Å². The van der Waals surface area contributed by atoms with Gasteiger partial charge < -0.3 is 9.47 Å². The summed E-state index contributed by atoms with van der Waals surface area (Å²) in [6.07, 6.45) is 36.3. The van der Waals surface area contributed by atoms with Crippen molar-refractivity contribution in [2.45, 2.75) is 43.5 Å². The smallest absolute Gasteiger partial charge is 0.128 e. The first-order valence-electron chi connectivity index (χ1n) is 14.5. The number of rotatable bonds is 3. The zero-order chi connectivity index (χ0) is 26.6. The van der Waals surface area contributed by atoms with Crippen LogP contribution >= 0.6 is 0 Å². The second kappa shape index (κ2) is 9.51. The minimum absolute atomic E-state index is 0.0895. The maximum atomic E-state index is 9.40. The lowest BCUT2D eigenvalue weighted by Crippen LogP contribution is -2.30. The van der Waals surface area contributed by atoms with Gasteiger partial charge >= 0.3 is 0 Å². The third-order valence-corrected chi connectivity index (χ3v) is 9.50. The Morgan fingerprint density at radius 2 is 1.65 bits per heavy atom. The van der Waals surface area contributed by atoms with Crippen molar-refractivity contribution in [3.8, 4) is 11.8 Å². The average Bonchev–Trinajstić information content (AvgIpc) is 3.59. The fourth-order valence-corrected chi connectivity index (χ4v) is 7.45. The fraction of sp³-hybridized carbons (Fsp3) is 0.270. The largest absolute Gasteiger partial charge is 0.485 e. The van der Waals surface area contributed by atoms with Crippen molar-refractivity contribution >= 4 is 5.57 Å². The van der Waals surface area contributed by atoms with Gasteiger partial charge in [0.2, 0.25) is 0 Å². The fourth-order valence-electron chi connectivity index (χ4n) is 7.45. The molecule has 3 heteroatoms. The summed E-state index contributed by atoms with van der Waals surface area (Å²) in [6.45, 7) is 0. The third-order valence-electron chi connectivity index (χ3n) is 9.50. The average molecular weight is 522 g/mol. The van der Waals surface area contributed by atoms with Gasteiger partial charge in [0.25, 0.3) is 0 Å². The highest BCUT2D eigenvalue weighted by Crippen LogP contribution is 2.48. The molecule has 1 aromatic carbocycles. The molecule has 0 saturated carbocycles. The predicted octanol–water partition coefficient (Wildman–Crippen LogP) is 7.78. The minimum atomic E-state index is 0.0895. The summed E-state index contributed by atoms with van der Waals surface area (Å²) in [6, 6.07) is 9.04. The van der Waals surface area contributed by atoms with Crippen molar-refractivity contribution in [2.75, 3.05) is 0 Å². The van der Waals surface area contributed by atoms with Crippen molar-refractivity contribution in [3.63, 3.8) is 0 Å². The van der Waals surface area contributed by atoms with Crippen LogP contribution in [0.4, 0.5) is 0 Å². The van der Waals surface area contributed by atoms with E-state index in [2.05, 4.69) is 109 Å². The van der Waals surface area contributed by atoms with Crippen LogP contribution in [0.5, 0.6) is 5.75 Å². The molecule has 3 nitrogen and oxygen atoms in total. The minimum Gasteiger partial charge on any atom is -0.485 e. The van der Waals surface area contributed by atoms with E-state index in [9.17, 15) is 5.26 Å². The Morgan fingerprint density at radius 3 is 2.50 bits per heavy atom. The van der Waals surface area contributed by atoms with Crippen LogP contribution in [-0.2, 0) is 4.74 Å². The summed E-state index contributed by atoms with van der Waals surface area (Å²) < 4.78 is 13.0. The predicted molar refractivity (Wildman–Crippen MR) is 158 cm³/mol. The highest BCUT2D eigenvalue weighted by atomic mass is 16.5. The van der Waals surface area contributed by atoms with E-state index in [0.717, 1.165) is 30.6 Å². The highest BCUT2D eigenvalue weighted by Gasteiger charge is 2.44. The molecule has 7 atom stereocenters. The van der Waals surface area contributed by atoms with Gasteiger partial charge in [0, 0.05) is 28.9 Å². The molecule has 2 aliphatic heterocycles. The van der Waals surface area contributed by atoms with Crippen LogP contribution in [-0.4, -0.2) is 18.3 Å². The van der Waals surface area contributed by atoms with Gasteiger partial charge in [0.05, 0.1) is 18.3 Å². The number of nitrogens with zero attached hydrogens (tertiary/aromatic N) is 1. The van der Waals surface area contributed by atoms with Crippen LogP contribution in [0.25, 0.3) is 5.57 Å². The van der Waals surface area contributed by atoms with Gasteiger partial charge in [-0.05, 0) is 77.3 Å². The lowest BCUT2D eigenvalue weighted by molar-refractivity contribution is 0.0385. The van der Waals surface area contributed by atoms with Crippen LogP contribution < -0.4 is 4.74 Å². The van der Waals surface area contributed by atoms with Gasteiger partial charge in [-0.1, -0.05) is 85.1 Å². The monoisotopic (exact) mass is 521 g/mol. The first kappa shape index (κ1) is 23.7. The van der Waals surface area contributed by atoms with Crippen molar-refractivity contribution in [2.24, 2.45) is 17.8 Å². The normalized spacial score (nSPS) is 34.3. The van der Waals surface area contributed by atoms with E-state index in [1.54, 1.807) is 0 Å². The van der Waals surface area contributed by atoms with Crippen molar-refractivity contribution < 1.29 is 9.47 Å². The third kappa shape index (κ3) is 3.90. The first-order valence-corrected chi connectivity index (χ1v) is 14.5. The molecule has 0 spiro atoms. The maximum Gasteiger partial charge on any atom is 0.128 e. The molecule has 1 aromatic rings. The van der Waals surface area contributed by atoms with Crippen LogP contribution in [0, 0.1) is 29.1 Å². The molecule has 0 aromatic heterocycles. The zero-order valence-electron chi connectivity index (χ0n) is 22.3. The number of hydrogen-bond donors (Lipinski definition) is 0. The lowest BCUT2D eigenvalue weighted by atomic mass is 9.72. The Morgan fingerprint density at radius 1 is 0.800 bits per heavy atom. The molecule has 7 unspecified atom stereocenters. The van der Waals surface area contributed by atoms with Crippen LogP contribution in [0.15, 0.2) is 132 Å². The lowest BCUT2D eigenvalue weighted by Gasteiger charge is -2.34. The van der Waals surface area contributed by atoms with E-state index in [1.165, 1.54) is 33.4 Å². The Kier molecular flexibility index (Phi) is 5.64. The van der Waals surface area contributed by atoms with Crippen LogP contribution in [0.1, 0.15) is 36.3 Å². The molecule has 7 aliphatic rings. The Labute approximate surface area is 235 Å². The summed E-state index contributed by atoms with van der Waals surface area (Å²) in [5.41, 5.74) is 8.77. The first-order chi connectivity index (χ1) is 19.7. The quantitative estimate of drug-likeness (QED) is 0.408. The molecule has 0 N–H and O–H groups in total. The highest BCUT2D eigenvalue weighted by molar-refractivity contribution is 5.79. The SMILES string of the molecule is N#CC1=CC=C(C2=CC(c3ccc4c(c3)C3C=CC=CC3O4)=CC(C3C=CC=C4C5C=CC=CC5OC43)C2)CC1. The molecule has 196 valence electrons. The number of allylic oxidation sites excluding steroid dienone is 14. The Balaban J connectivity index is 1.18. The topological polar surface area (TPSA) is 42.2 Å². The van der Waals surface area contributed by atoms with E-state index in [0.29, 0.717) is 11.8 Å². The summed E-state index contributed by atoms with van der Waals surface area (Å²) in [4.78, 5) is 0. The molecule has 1 saturated heterocycles. The molecule has 0 bridgehead atoms. The number of hydrogen-bond acceptors (Lipinski definition) is 3. The van der Waals surface area contributed by atoms with Crippen LogP contribution in [0.2, 0.25) is 0 Å². The summed E-state index contributed by atoms with van der Waals surface area (Å²) in [7, 11) is 0. The standard InChI is InChI=1S/C37H31NO2/c38-22-23-12-14-24(15-13-23)26-18-27(25-16-17-36-33(21-25)31-7-2-3-10-34(31)39-36)20-28(19-26)29-8-5-9-32-30-6-1-4-11-35(30)40-37(29)32/h1-12,14,16-18,20-21,28-31,34-35,37H,13,15,19H2. The molecule has 1 fully saturated rings. The summed E-state index contributed by atoms with van der Waals surface area (Å²) >= 11 is 0.